The summed E-state index contributed by atoms with van der Waals surface area (Å²) in [5.74, 6) is 2.38. The largest absolute Gasteiger partial charge is 0.326 e. The fraction of sp³-hybridized carbons (Fsp3) is 0.727. The first-order chi connectivity index (χ1) is 18.9. The molecule has 0 spiro atoms. The van der Waals surface area contributed by atoms with E-state index in [0.29, 0.717) is 17.1 Å². The average molecular weight is 538 g/mol. The van der Waals surface area contributed by atoms with Gasteiger partial charge in [-0.05, 0) is 113 Å². The molecule has 4 rings (SSSR count). The Kier molecular flexibility index (Phi) is 10.9. The van der Waals surface area contributed by atoms with E-state index in [0.717, 1.165) is 94.8 Å². The molecule has 6 heteroatoms. The molecule has 3 aliphatic rings. The van der Waals surface area contributed by atoms with E-state index in [1.54, 1.807) is 0 Å². The van der Waals surface area contributed by atoms with Crippen LogP contribution in [0.2, 0.25) is 0 Å². The lowest BCUT2D eigenvalue weighted by Gasteiger charge is -2.28. The standard InChI is InChI=1S/C33H51N3O3/c1-4-22-7-13-25(14-8-22)31(37)34-28-19-29(35-32(38)26-15-9-23(5-2)10-16-26)21-30(20-28)36-33(39)27-17-11-24(6-3)12-18-27/h19-27H,4-18H2,1-3H3,(H,34,37)(H,35,38)(H,36,39)/t22-,23-,24-,25-,26-,27+. The van der Waals surface area contributed by atoms with Gasteiger partial charge in [-0.3, -0.25) is 14.4 Å². The number of hydrogen-bond acceptors (Lipinski definition) is 3. The van der Waals surface area contributed by atoms with Gasteiger partial charge in [0.25, 0.3) is 0 Å². The van der Waals surface area contributed by atoms with Crippen LogP contribution in [-0.2, 0) is 14.4 Å². The second kappa shape index (κ2) is 14.3. The summed E-state index contributed by atoms with van der Waals surface area (Å²) in [6, 6.07) is 5.52. The normalized spacial score (nSPS) is 29.3. The minimum atomic E-state index is 0.0200. The Labute approximate surface area is 235 Å². The van der Waals surface area contributed by atoms with Gasteiger partial charge in [0, 0.05) is 34.8 Å². The number of anilines is 3. The number of carbonyl (C=O) groups is 3. The van der Waals surface area contributed by atoms with Gasteiger partial charge >= 0.3 is 0 Å². The van der Waals surface area contributed by atoms with E-state index >= 15 is 0 Å². The van der Waals surface area contributed by atoms with Gasteiger partial charge in [0.05, 0.1) is 0 Å². The molecule has 3 amide bonds. The van der Waals surface area contributed by atoms with E-state index in [1.807, 2.05) is 18.2 Å². The van der Waals surface area contributed by atoms with Gasteiger partial charge in [0.15, 0.2) is 0 Å². The average Bonchev–Trinajstić information content (AvgIpc) is 2.97. The molecule has 0 atom stereocenters. The molecular weight excluding hydrogens is 486 g/mol. The predicted octanol–water partition coefficient (Wildman–Crippen LogP) is 8.15. The van der Waals surface area contributed by atoms with E-state index in [1.165, 1.54) is 19.3 Å². The van der Waals surface area contributed by atoms with E-state index in [9.17, 15) is 14.4 Å². The van der Waals surface area contributed by atoms with E-state index in [-0.39, 0.29) is 35.5 Å². The number of benzene rings is 1. The second-order valence-corrected chi connectivity index (χ2v) is 12.6. The molecule has 0 heterocycles. The second-order valence-electron chi connectivity index (χ2n) is 12.6. The Morgan fingerprint density at radius 1 is 0.487 bits per heavy atom. The maximum Gasteiger partial charge on any atom is 0.227 e. The molecule has 0 bridgehead atoms. The molecular formula is C33H51N3O3. The Bertz CT molecular complexity index is 832. The molecule has 1 aromatic carbocycles. The molecule has 0 radical (unpaired) electrons. The van der Waals surface area contributed by atoms with Gasteiger partial charge in [-0.1, -0.05) is 40.0 Å². The molecule has 0 aromatic heterocycles. The summed E-state index contributed by atoms with van der Waals surface area (Å²) >= 11 is 0. The lowest BCUT2D eigenvalue weighted by Crippen LogP contribution is -2.29. The summed E-state index contributed by atoms with van der Waals surface area (Å²) in [5.41, 5.74) is 1.90. The van der Waals surface area contributed by atoms with Crippen molar-refractivity contribution in [1.82, 2.24) is 0 Å². The zero-order valence-electron chi connectivity index (χ0n) is 24.5. The maximum atomic E-state index is 13.2. The van der Waals surface area contributed by atoms with Crippen LogP contribution in [-0.4, -0.2) is 17.7 Å². The third-order valence-electron chi connectivity index (χ3n) is 10.1. The van der Waals surface area contributed by atoms with Gasteiger partial charge in [0.1, 0.15) is 0 Å². The van der Waals surface area contributed by atoms with Crippen molar-refractivity contribution in [2.75, 3.05) is 16.0 Å². The van der Waals surface area contributed by atoms with Crippen LogP contribution >= 0.6 is 0 Å². The van der Waals surface area contributed by atoms with Crippen LogP contribution in [0.4, 0.5) is 17.1 Å². The van der Waals surface area contributed by atoms with Crippen LogP contribution in [0.1, 0.15) is 117 Å². The van der Waals surface area contributed by atoms with Crippen molar-refractivity contribution in [2.24, 2.45) is 35.5 Å². The zero-order chi connectivity index (χ0) is 27.8. The van der Waals surface area contributed by atoms with Crippen molar-refractivity contribution in [3.8, 4) is 0 Å². The third-order valence-corrected chi connectivity index (χ3v) is 10.1. The monoisotopic (exact) mass is 537 g/mol. The van der Waals surface area contributed by atoms with Gasteiger partial charge in [-0.2, -0.15) is 0 Å². The quantitative estimate of drug-likeness (QED) is 0.297. The molecule has 0 unspecified atom stereocenters. The van der Waals surface area contributed by atoms with E-state index in [2.05, 4.69) is 36.7 Å². The van der Waals surface area contributed by atoms with Crippen LogP contribution in [0.15, 0.2) is 18.2 Å². The molecule has 3 N–H and O–H groups in total. The molecule has 3 saturated carbocycles. The molecule has 216 valence electrons. The number of hydrogen-bond donors (Lipinski definition) is 3. The first-order valence-electron chi connectivity index (χ1n) is 16.0. The predicted molar refractivity (Wildman–Crippen MR) is 160 cm³/mol. The van der Waals surface area contributed by atoms with Crippen molar-refractivity contribution in [1.29, 1.82) is 0 Å². The molecule has 0 aliphatic heterocycles. The van der Waals surface area contributed by atoms with Gasteiger partial charge in [-0.15, -0.1) is 0 Å². The van der Waals surface area contributed by atoms with Crippen molar-refractivity contribution in [3.63, 3.8) is 0 Å². The molecule has 39 heavy (non-hydrogen) atoms. The fourth-order valence-electron chi connectivity index (χ4n) is 7.08. The van der Waals surface area contributed by atoms with Crippen molar-refractivity contribution in [2.45, 2.75) is 117 Å². The molecule has 3 aliphatic carbocycles. The minimum Gasteiger partial charge on any atom is -0.326 e. The van der Waals surface area contributed by atoms with Gasteiger partial charge in [-0.25, -0.2) is 0 Å². The Morgan fingerprint density at radius 3 is 0.923 bits per heavy atom. The highest BCUT2D eigenvalue weighted by molar-refractivity contribution is 5.99. The number of nitrogens with one attached hydrogen (secondary N) is 3. The summed E-state index contributed by atoms with van der Waals surface area (Å²) in [7, 11) is 0. The Hall–Kier alpha value is -2.37. The topological polar surface area (TPSA) is 87.3 Å². The van der Waals surface area contributed by atoms with E-state index in [4.69, 9.17) is 0 Å². The first kappa shape index (κ1) is 29.6. The third kappa shape index (κ3) is 8.31. The smallest absolute Gasteiger partial charge is 0.227 e. The van der Waals surface area contributed by atoms with Crippen LogP contribution in [0.5, 0.6) is 0 Å². The van der Waals surface area contributed by atoms with Crippen LogP contribution in [0.3, 0.4) is 0 Å². The maximum absolute atomic E-state index is 13.2. The summed E-state index contributed by atoms with van der Waals surface area (Å²) in [4.78, 5) is 39.5. The minimum absolute atomic E-state index is 0.0200. The highest BCUT2D eigenvalue weighted by Gasteiger charge is 2.28. The highest BCUT2D eigenvalue weighted by Crippen LogP contribution is 2.35. The first-order valence-corrected chi connectivity index (χ1v) is 16.0. The van der Waals surface area contributed by atoms with E-state index < -0.39 is 0 Å². The van der Waals surface area contributed by atoms with Gasteiger partial charge < -0.3 is 16.0 Å². The number of rotatable bonds is 9. The van der Waals surface area contributed by atoms with Crippen molar-refractivity contribution < 1.29 is 14.4 Å². The van der Waals surface area contributed by atoms with Crippen molar-refractivity contribution in [3.05, 3.63) is 18.2 Å². The number of amides is 3. The number of carbonyl (C=O) groups excluding carboxylic acids is 3. The summed E-state index contributed by atoms with van der Waals surface area (Å²) in [6.07, 6.45) is 15.7. The molecule has 1 aromatic rings. The Morgan fingerprint density at radius 2 is 0.718 bits per heavy atom. The van der Waals surface area contributed by atoms with Gasteiger partial charge in [0.2, 0.25) is 17.7 Å². The summed E-state index contributed by atoms with van der Waals surface area (Å²) in [6.45, 7) is 6.68. The summed E-state index contributed by atoms with van der Waals surface area (Å²) in [5, 5.41) is 9.35. The van der Waals surface area contributed by atoms with Crippen molar-refractivity contribution >= 4 is 34.8 Å². The summed E-state index contributed by atoms with van der Waals surface area (Å²) < 4.78 is 0. The molecule has 0 saturated heterocycles. The molecule has 6 nitrogen and oxygen atoms in total. The SMILES string of the molecule is CC[C@H]1CC[C@H](C(=O)Nc2cc(NC(=O)[C@H]3CC[C@H](CC)CC3)cc(NC(=O)[C@H]3CC[C@@H](CC)CC3)c2)CC1. The highest BCUT2D eigenvalue weighted by atomic mass is 16.2. The lowest BCUT2D eigenvalue weighted by atomic mass is 9.80. The van der Waals surface area contributed by atoms with Crippen LogP contribution < -0.4 is 16.0 Å². The van der Waals surface area contributed by atoms with Crippen LogP contribution in [0.25, 0.3) is 0 Å². The molecule has 3 fully saturated rings. The van der Waals surface area contributed by atoms with Crippen LogP contribution in [0, 0.1) is 35.5 Å². The fourth-order valence-corrected chi connectivity index (χ4v) is 7.08. The zero-order valence-corrected chi connectivity index (χ0v) is 24.5. The lowest BCUT2D eigenvalue weighted by molar-refractivity contribution is -0.121. The Balaban J connectivity index is 1.45.